The van der Waals surface area contributed by atoms with Crippen molar-refractivity contribution in [3.63, 3.8) is 0 Å². The lowest BCUT2D eigenvalue weighted by Crippen LogP contribution is -2.39. The van der Waals surface area contributed by atoms with E-state index in [1.165, 1.54) is 22.7 Å². The number of carbonyl (C=O) groups excluding carboxylic acids is 1. The molecule has 0 unspecified atom stereocenters. The summed E-state index contributed by atoms with van der Waals surface area (Å²) in [4.78, 5) is 33.2. The van der Waals surface area contributed by atoms with Crippen molar-refractivity contribution < 1.29 is 14.3 Å². The van der Waals surface area contributed by atoms with Gasteiger partial charge in [-0.3, -0.25) is 9.36 Å². The van der Waals surface area contributed by atoms with E-state index in [9.17, 15) is 9.59 Å². The molecule has 0 spiro atoms. The second-order valence-electron chi connectivity index (χ2n) is 6.24. The summed E-state index contributed by atoms with van der Waals surface area (Å²) in [6.45, 7) is 2.23. The van der Waals surface area contributed by atoms with E-state index < -0.39 is 12.0 Å². The zero-order valence-electron chi connectivity index (χ0n) is 15.8. The molecule has 4 rings (SSSR count). The Kier molecular flexibility index (Phi) is 5.91. The minimum atomic E-state index is -0.549. The van der Waals surface area contributed by atoms with Crippen molar-refractivity contribution in [2.75, 3.05) is 20.3 Å². The second kappa shape index (κ2) is 8.58. The van der Waals surface area contributed by atoms with Crippen molar-refractivity contribution in [3.05, 3.63) is 75.7 Å². The number of methoxy groups -OCH3 is 1. The first kappa shape index (κ1) is 20.0. The first-order valence-electron chi connectivity index (χ1n) is 8.85. The maximum Gasteiger partial charge on any atom is 0.338 e. The molecule has 9 heteroatoms. The van der Waals surface area contributed by atoms with Gasteiger partial charge in [-0.1, -0.05) is 23.5 Å². The summed E-state index contributed by atoms with van der Waals surface area (Å²) < 4.78 is 12.5. The Morgan fingerprint density at radius 1 is 1.24 bits per heavy atom. The van der Waals surface area contributed by atoms with Crippen LogP contribution in [0.25, 0.3) is 6.08 Å². The van der Waals surface area contributed by atoms with Crippen LogP contribution in [-0.4, -0.2) is 30.9 Å². The third-order valence-electron chi connectivity index (χ3n) is 4.39. The number of thiazole rings is 1. The summed E-state index contributed by atoms with van der Waals surface area (Å²) in [5.41, 5.74) is 0.795. The fourth-order valence-electron chi connectivity index (χ4n) is 3.10. The largest absolute Gasteiger partial charge is 0.460 e. The zero-order valence-corrected chi connectivity index (χ0v) is 18.2. The van der Waals surface area contributed by atoms with Gasteiger partial charge in [0.1, 0.15) is 12.6 Å². The molecule has 0 aromatic carbocycles. The number of ether oxygens (including phenoxy) is 2. The van der Waals surface area contributed by atoms with Gasteiger partial charge in [-0.25, -0.2) is 9.79 Å². The molecule has 1 atom stereocenters. The quantitative estimate of drug-likeness (QED) is 0.431. The molecule has 0 N–H and O–H groups in total. The Morgan fingerprint density at radius 2 is 2.03 bits per heavy atom. The SMILES string of the molecule is COCCOC(=O)C1=C(C)N=c2s/c(=C\c3cccs3)c(=O)n2[C@H]1c1cccs1. The summed E-state index contributed by atoms with van der Waals surface area (Å²) in [7, 11) is 1.55. The van der Waals surface area contributed by atoms with Gasteiger partial charge in [-0.15, -0.1) is 22.7 Å². The molecule has 0 radical (unpaired) electrons. The van der Waals surface area contributed by atoms with E-state index in [0.717, 1.165) is 9.75 Å². The maximum atomic E-state index is 13.3. The Hall–Kier alpha value is -2.33. The summed E-state index contributed by atoms with van der Waals surface area (Å²) in [5.74, 6) is -0.478. The highest BCUT2D eigenvalue weighted by molar-refractivity contribution is 7.11. The van der Waals surface area contributed by atoms with E-state index in [-0.39, 0.29) is 12.2 Å². The van der Waals surface area contributed by atoms with Crippen LogP contribution in [0.5, 0.6) is 0 Å². The average molecular weight is 447 g/mol. The number of aromatic nitrogens is 1. The summed E-state index contributed by atoms with van der Waals surface area (Å²) in [5, 5.41) is 3.90. The molecule has 3 aromatic heterocycles. The molecule has 3 aromatic rings. The van der Waals surface area contributed by atoms with Crippen molar-refractivity contribution in [1.82, 2.24) is 4.57 Å². The van der Waals surface area contributed by atoms with Gasteiger partial charge >= 0.3 is 5.97 Å². The standard InChI is InChI=1S/C20H18N2O4S3/c1-12-16(19(24)26-8-7-25-2)17(14-6-4-10-28-14)22-18(23)15(29-20(22)21-12)11-13-5-3-9-27-13/h3-6,9-11,17H,7-8H2,1-2H3/b15-11-/t17-/m0/s1. The molecular formula is C20H18N2O4S3. The third kappa shape index (κ3) is 3.91. The molecule has 6 nitrogen and oxygen atoms in total. The van der Waals surface area contributed by atoms with Gasteiger partial charge in [0.05, 0.1) is 22.4 Å². The van der Waals surface area contributed by atoms with E-state index in [1.807, 2.05) is 41.1 Å². The van der Waals surface area contributed by atoms with Crippen molar-refractivity contribution in [1.29, 1.82) is 0 Å². The number of nitrogens with zero attached hydrogens (tertiary/aromatic N) is 2. The van der Waals surface area contributed by atoms with Crippen LogP contribution < -0.4 is 14.9 Å². The lowest BCUT2D eigenvalue weighted by Gasteiger charge is -2.23. The highest BCUT2D eigenvalue weighted by Crippen LogP contribution is 2.33. The van der Waals surface area contributed by atoms with Crippen molar-refractivity contribution in [2.45, 2.75) is 13.0 Å². The molecule has 0 saturated carbocycles. The van der Waals surface area contributed by atoms with E-state index >= 15 is 0 Å². The van der Waals surface area contributed by atoms with Gasteiger partial charge in [0.2, 0.25) is 0 Å². The maximum absolute atomic E-state index is 13.3. The van der Waals surface area contributed by atoms with Crippen LogP contribution in [0.1, 0.15) is 22.7 Å². The fourth-order valence-corrected chi connectivity index (χ4v) is 5.69. The van der Waals surface area contributed by atoms with E-state index in [2.05, 4.69) is 4.99 Å². The summed E-state index contributed by atoms with van der Waals surface area (Å²) in [6, 6.07) is 7.19. The normalized spacial score (nSPS) is 16.6. The number of fused-ring (bicyclic) bond motifs is 1. The molecule has 150 valence electrons. The topological polar surface area (TPSA) is 69.9 Å². The van der Waals surface area contributed by atoms with Crippen LogP contribution >= 0.6 is 34.0 Å². The Bertz CT molecular complexity index is 1220. The fraction of sp³-hybridized carbons (Fsp3) is 0.250. The first-order valence-corrected chi connectivity index (χ1v) is 11.4. The van der Waals surface area contributed by atoms with Crippen molar-refractivity contribution in [2.24, 2.45) is 4.99 Å². The first-order chi connectivity index (χ1) is 14.1. The molecule has 0 aliphatic carbocycles. The highest BCUT2D eigenvalue weighted by atomic mass is 32.1. The lowest BCUT2D eigenvalue weighted by molar-refractivity contribution is -0.140. The monoisotopic (exact) mass is 446 g/mol. The van der Waals surface area contributed by atoms with Crippen LogP contribution in [0, 0.1) is 0 Å². The molecule has 0 amide bonds. The number of rotatable bonds is 6. The smallest absolute Gasteiger partial charge is 0.338 e. The number of allylic oxidation sites excluding steroid dienone is 1. The Labute approximate surface area is 178 Å². The van der Waals surface area contributed by atoms with Crippen LogP contribution in [0.2, 0.25) is 0 Å². The van der Waals surface area contributed by atoms with Crippen molar-refractivity contribution in [3.8, 4) is 0 Å². The predicted octanol–water partition coefficient (Wildman–Crippen LogP) is 2.55. The molecule has 1 aliphatic rings. The summed E-state index contributed by atoms with van der Waals surface area (Å²) >= 11 is 4.40. The Morgan fingerprint density at radius 3 is 2.72 bits per heavy atom. The lowest BCUT2D eigenvalue weighted by atomic mass is 10.0. The Balaban J connectivity index is 1.86. The van der Waals surface area contributed by atoms with Gasteiger partial charge in [0.25, 0.3) is 5.56 Å². The zero-order chi connectivity index (χ0) is 20.4. The minimum Gasteiger partial charge on any atom is -0.460 e. The second-order valence-corrected chi connectivity index (χ2v) is 9.21. The van der Waals surface area contributed by atoms with Crippen molar-refractivity contribution >= 4 is 46.1 Å². The average Bonchev–Trinajstić information content (AvgIpc) is 3.44. The minimum absolute atomic E-state index is 0.145. The third-order valence-corrected chi connectivity index (χ3v) is 7.12. The molecule has 29 heavy (non-hydrogen) atoms. The van der Waals surface area contributed by atoms with E-state index in [0.29, 0.717) is 27.2 Å². The molecule has 0 saturated heterocycles. The number of carbonyl (C=O) groups is 1. The van der Waals surface area contributed by atoms with E-state index in [4.69, 9.17) is 9.47 Å². The molecule has 0 fully saturated rings. The predicted molar refractivity (Wildman–Crippen MR) is 115 cm³/mol. The molecule has 0 bridgehead atoms. The van der Waals surface area contributed by atoms with Gasteiger partial charge in [-0.2, -0.15) is 0 Å². The number of thiophene rings is 2. The van der Waals surface area contributed by atoms with Crippen LogP contribution in [0.15, 0.2) is 56.1 Å². The van der Waals surface area contributed by atoms with Gasteiger partial charge in [0, 0.05) is 16.9 Å². The molecule has 1 aliphatic heterocycles. The number of hydrogen-bond acceptors (Lipinski definition) is 8. The number of esters is 1. The number of hydrogen-bond donors (Lipinski definition) is 0. The highest BCUT2D eigenvalue weighted by Gasteiger charge is 2.33. The molecular weight excluding hydrogens is 428 g/mol. The summed E-state index contributed by atoms with van der Waals surface area (Å²) in [6.07, 6.45) is 1.87. The van der Waals surface area contributed by atoms with Gasteiger partial charge in [0.15, 0.2) is 4.80 Å². The van der Waals surface area contributed by atoms with Crippen LogP contribution in [-0.2, 0) is 14.3 Å². The van der Waals surface area contributed by atoms with Crippen LogP contribution in [0.3, 0.4) is 0 Å². The van der Waals surface area contributed by atoms with E-state index in [1.54, 1.807) is 29.9 Å². The molecule has 4 heterocycles. The van der Waals surface area contributed by atoms with Gasteiger partial charge in [-0.05, 0) is 35.9 Å². The van der Waals surface area contributed by atoms with Crippen LogP contribution in [0.4, 0.5) is 0 Å². The van der Waals surface area contributed by atoms with Gasteiger partial charge < -0.3 is 9.47 Å².